The Hall–Kier alpha value is -0.930. The predicted octanol–water partition coefficient (Wildman–Crippen LogP) is 5.06. The van der Waals surface area contributed by atoms with Gasteiger partial charge in [0.05, 0.1) is 11.6 Å². The molecule has 0 spiro atoms. The van der Waals surface area contributed by atoms with E-state index in [4.69, 9.17) is 4.74 Å². The molecule has 2 aromatic carbocycles. The summed E-state index contributed by atoms with van der Waals surface area (Å²) in [7, 11) is 1.68. The first-order valence-electron chi connectivity index (χ1n) is 5.71. The second-order valence-corrected chi connectivity index (χ2v) is 5.97. The third-order valence-corrected chi connectivity index (χ3v) is 4.35. The van der Waals surface area contributed by atoms with Gasteiger partial charge >= 0.3 is 0 Å². The van der Waals surface area contributed by atoms with E-state index in [1.165, 1.54) is 16.0 Å². The van der Waals surface area contributed by atoms with Crippen LogP contribution in [0.2, 0.25) is 0 Å². The van der Waals surface area contributed by atoms with Crippen LogP contribution in [0.5, 0.6) is 5.75 Å². The van der Waals surface area contributed by atoms with Crippen molar-refractivity contribution in [3.8, 4) is 5.75 Å². The highest BCUT2D eigenvalue weighted by Gasteiger charge is 2.02. The smallest absolute Gasteiger partial charge is 0.133 e. The Morgan fingerprint density at radius 2 is 1.83 bits per heavy atom. The van der Waals surface area contributed by atoms with Crippen molar-refractivity contribution in [3.05, 3.63) is 58.1 Å². The van der Waals surface area contributed by atoms with Gasteiger partial charge in [0.2, 0.25) is 0 Å². The third-order valence-electron chi connectivity index (χ3n) is 2.64. The minimum atomic E-state index is 0.874. The molecule has 0 saturated carbocycles. The van der Waals surface area contributed by atoms with Gasteiger partial charge in [-0.15, -0.1) is 11.8 Å². The zero-order chi connectivity index (χ0) is 13.0. The quantitative estimate of drug-likeness (QED) is 0.728. The summed E-state index contributed by atoms with van der Waals surface area (Å²) >= 11 is 5.35. The minimum Gasteiger partial charge on any atom is -0.496 e. The van der Waals surface area contributed by atoms with Crippen molar-refractivity contribution in [1.82, 2.24) is 0 Å². The van der Waals surface area contributed by atoms with Crippen molar-refractivity contribution >= 4 is 27.7 Å². The molecule has 0 aliphatic carbocycles. The van der Waals surface area contributed by atoms with E-state index in [1.54, 1.807) is 7.11 Å². The van der Waals surface area contributed by atoms with E-state index in [2.05, 4.69) is 59.3 Å². The number of thioether (sulfide) groups is 1. The molecule has 0 aromatic heterocycles. The number of hydrogen-bond acceptors (Lipinski definition) is 2. The zero-order valence-electron chi connectivity index (χ0n) is 10.4. The van der Waals surface area contributed by atoms with Crippen molar-refractivity contribution < 1.29 is 4.74 Å². The zero-order valence-corrected chi connectivity index (χ0v) is 12.8. The van der Waals surface area contributed by atoms with Crippen LogP contribution in [0.1, 0.15) is 11.1 Å². The van der Waals surface area contributed by atoms with Crippen LogP contribution in [0.15, 0.2) is 51.8 Å². The van der Waals surface area contributed by atoms with Crippen molar-refractivity contribution in [2.45, 2.75) is 17.6 Å². The van der Waals surface area contributed by atoms with E-state index >= 15 is 0 Å². The van der Waals surface area contributed by atoms with Crippen LogP contribution in [0, 0.1) is 6.92 Å². The van der Waals surface area contributed by atoms with Crippen LogP contribution < -0.4 is 4.74 Å². The van der Waals surface area contributed by atoms with Gasteiger partial charge in [0.25, 0.3) is 0 Å². The monoisotopic (exact) mass is 322 g/mol. The molecular formula is C15H15BrOS. The van der Waals surface area contributed by atoms with Crippen LogP contribution in [0.3, 0.4) is 0 Å². The van der Waals surface area contributed by atoms with E-state index in [0.717, 1.165) is 16.0 Å². The molecule has 0 aliphatic heterocycles. The van der Waals surface area contributed by atoms with Gasteiger partial charge in [0.1, 0.15) is 5.75 Å². The normalized spacial score (nSPS) is 10.4. The summed E-state index contributed by atoms with van der Waals surface area (Å²) in [6.45, 7) is 2.11. The highest BCUT2D eigenvalue weighted by molar-refractivity contribution is 9.10. The number of aryl methyl sites for hydroxylation is 1. The molecule has 18 heavy (non-hydrogen) atoms. The molecule has 0 saturated heterocycles. The van der Waals surface area contributed by atoms with E-state index in [-0.39, 0.29) is 0 Å². The first kappa shape index (κ1) is 13.5. The van der Waals surface area contributed by atoms with Gasteiger partial charge in [-0.2, -0.15) is 0 Å². The molecule has 0 bridgehead atoms. The van der Waals surface area contributed by atoms with Gasteiger partial charge in [-0.3, -0.25) is 0 Å². The topological polar surface area (TPSA) is 9.23 Å². The number of methoxy groups -OCH3 is 1. The molecule has 0 atom stereocenters. The second kappa shape index (κ2) is 6.30. The molecule has 94 valence electrons. The van der Waals surface area contributed by atoms with Crippen LogP contribution in [-0.2, 0) is 5.75 Å². The summed E-state index contributed by atoms with van der Waals surface area (Å²) in [5.74, 6) is 1.84. The maximum atomic E-state index is 5.22. The van der Waals surface area contributed by atoms with Gasteiger partial charge in [0.15, 0.2) is 0 Å². The molecule has 2 rings (SSSR count). The second-order valence-electron chi connectivity index (χ2n) is 4.07. The molecule has 3 heteroatoms. The van der Waals surface area contributed by atoms with Crippen molar-refractivity contribution in [3.63, 3.8) is 0 Å². The molecule has 2 aromatic rings. The lowest BCUT2D eigenvalue weighted by Crippen LogP contribution is -1.86. The summed E-state index contributed by atoms with van der Waals surface area (Å²) in [6.07, 6.45) is 0. The molecular weight excluding hydrogens is 308 g/mol. The lowest BCUT2D eigenvalue weighted by molar-refractivity contribution is 0.412. The fourth-order valence-electron chi connectivity index (χ4n) is 1.60. The average molecular weight is 323 g/mol. The standard InChI is InChI=1S/C15H15BrOS/c1-11-3-6-13(7-4-11)18-10-12-5-8-15(17-2)14(16)9-12/h3-9H,10H2,1-2H3. The maximum Gasteiger partial charge on any atom is 0.133 e. The molecule has 0 unspecified atom stereocenters. The van der Waals surface area contributed by atoms with Crippen molar-refractivity contribution in [2.24, 2.45) is 0 Å². The molecule has 0 radical (unpaired) electrons. The maximum absolute atomic E-state index is 5.22. The molecule has 0 amide bonds. The first-order valence-corrected chi connectivity index (χ1v) is 7.49. The number of ether oxygens (including phenoxy) is 1. The van der Waals surface area contributed by atoms with E-state index in [0.29, 0.717) is 0 Å². The number of hydrogen-bond donors (Lipinski definition) is 0. The Bertz CT molecular complexity index is 523. The predicted molar refractivity (Wildman–Crippen MR) is 81.4 cm³/mol. The number of halogens is 1. The molecule has 0 heterocycles. The van der Waals surface area contributed by atoms with E-state index in [1.807, 2.05) is 17.8 Å². The molecule has 0 N–H and O–H groups in total. The van der Waals surface area contributed by atoms with E-state index < -0.39 is 0 Å². The number of rotatable bonds is 4. The lowest BCUT2D eigenvalue weighted by Gasteiger charge is -2.06. The lowest BCUT2D eigenvalue weighted by atomic mass is 10.2. The van der Waals surface area contributed by atoms with E-state index in [9.17, 15) is 0 Å². The van der Waals surface area contributed by atoms with Crippen LogP contribution >= 0.6 is 27.7 Å². The third kappa shape index (κ3) is 3.53. The Kier molecular flexibility index (Phi) is 4.72. The van der Waals surface area contributed by atoms with Gasteiger partial charge in [-0.1, -0.05) is 23.8 Å². The average Bonchev–Trinajstić information content (AvgIpc) is 2.38. The van der Waals surface area contributed by atoms with Crippen LogP contribution in [0.25, 0.3) is 0 Å². The summed E-state index contributed by atoms with van der Waals surface area (Å²) in [4.78, 5) is 1.30. The SMILES string of the molecule is COc1ccc(CSc2ccc(C)cc2)cc1Br. The Balaban J connectivity index is 2.02. The van der Waals surface area contributed by atoms with Gasteiger partial charge in [-0.05, 0) is 52.7 Å². The Morgan fingerprint density at radius 3 is 2.44 bits per heavy atom. The van der Waals surface area contributed by atoms with Gasteiger partial charge < -0.3 is 4.74 Å². The fourth-order valence-corrected chi connectivity index (χ4v) is 3.03. The largest absolute Gasteiger partial charge is 0.496 e. The summed E-state index contributed by atoms with van der Waals surface area (Å²) < 4.78 is 6.23. The Morgan fingerprint density at radius 1 is 1.11 bits per heavy atom. The highest BCUT2D eigenvalue weighted by atomic mass is 79.9. The van der Waals surface area contributed by atoms with Gasteiger partial charge in [0, 0.05) is 10.6 Å². The molecule has 1 nitrogen and oxygen atoms in total. The Labute approximate surface area is 121 Å². The summed E-state index contributed by atoms with van der Waals surface area (Å²) in [6, 6.07) is 14.8. The highest BCUT2D eigenvalue weighted by Crippen LogP contribution is 2.29. The van der Waals surface area contributed by atoms with Crippen LogP contribution in [-0.4, -0.2) is 7.11 Å². The number of benzene rings is 2. The minimum absolute atomic E-state index is 0.874. The molecule has 0 fully saturated rings. The summed E-state index contributed by atoms with van der Waals surface area (Å²) in [5.41, 5.74) is 2.58. The first-order chi connectivity index (χ1) is 8.69. The molecule has 0 aliphatic rings. The van der Waals surface area contributed by atoms with Crippen LogP contribution in [0.4, 0.5) is 0 Å². The van der Waals surface area contributed by atoms with Crippen molar-refractivity contribution in [2.75, 3.05) is 7.11 Å². The van der Waals surface area contributed by atoms with Crippen molar-refractivity contribution in [1.29, 1.82) is 0 Å². The summed E-state index contributed by atoms with van der Waals surface area (Å²) in [5, 5.41) is 0. The fraction of sp³-hybridized carbons (Fsp3) is 0.200. The van der Waals surface area contributed by atoms with Gasteiger partial charge in [-0.25, -0.2) is 0 Å².